The van der Waals surface area contributed by atoms with Crippen LogP contribution in [0, 0.1) is 13.8 Å². The second-order valence-corrected chi connectivity index (χ2v) is 7.84. The molecule has 3 nitrogen and oxygen atoms in total. The van der Waals surface area contributed by atoms with Crippen LogP contribution in [-0.4, -0.2) is 4.98 Å². The quantitative estimate of drug-likeness (QED) is 0.324. The van der Waals surface area contributed by atoms with Crippen LogP contribution in [0.2, 0.25) is 0 Å². The van der Waals surface area contributed by atoms with Crippen molar-refractivity contribution in [2.75, 3.05) is 0 Å². The topological polar surface area (TPSA) is 31.4 Å². The van der Waals surface area contributed by atoms with Crippen LogP contribution in [0.25, 0.3) is 10.9 Å². The van der Waals surface area contributed by atoms with Crippen molar-refractivity contribution in [1.29, 1.82) is 0 Å². The highest BCUT2D eigenvalue weighted by molar-refractivity contribution is 7.94. The molecule has 29 heavy (non-hydrogen) atoms. The van der Waals surface area contributed by atoms with Crippen molar-refractivity contribution in [3.63, 3.8) is 0 Å². The Kier molecular flexibility index (Phi) is 6.13. The average molecular weight is 402 g/mol. The molecule has 0 saturated carbocycles. The standard InChI is InChI=1S/C25H23NO2S/c1-18-12-14-21(15-13-18)29-28-17-24-19(2)25(22-10-6-7-11-23(22)26-24)27-16-20-8-4-3-5-9-20/h3-15H,16-17H2,1-2H3. The lowest BCUT2D eigenvalue weighted by atomic mass is 10.1. The van der Waals surface area contributed by atoms with E-state index in [0.717, 1.165) is 38.4 Å². The Morgan fingerprint density at radius 1 is 0.793 bits per heavy atom. The summed E-state index contributed by atoms with van der Waals surface area (Å²) < 4.78 is 12.1. The summed E-state index contributed by atoms with van der Waals surface area (Å²) in [6.45, 7) is 5.06. The zero-order valence-corrected chi connectivity index (χ0v) is 17.4. The van der Waals surface area contributed by atoms with Gasteiger partial charge in [-0.2, -0.15) is 0 Å². The molecule has 0 saturated heterocycles. The van der Waals surface area contributed by atoms with Gasteiger partial charge < -0.3 is 8.92 Å². The molecule has 0 aliphatic rings. The van der Waals surface area contributed by atoms with E-state index in [4.69, 9.17) is 13.9 Å². The van der Waals surface area contributed by atoms with Gasteiger partial charge in [0.1, 0.15) is 19.0 Å². The molecular formula is C25H23NO2S. The Morgan fingerprint density at radius 3 is 2.31 bits per heavy atom. The third kappa shape index (κ3) is 4.78. The minimum absolute atomic E-state index is 0.414. The van der Waals surface area contributed by atoms with Crippen molar-refractivity contribution in [1.82, 2.24) is 4.98 Å². The monoisotopic (exact) mass is 401 g/mol. The van der Waals surface area contributed by atoms with Gasteiger partial charge in [0.25, 0.3) is 0 Å². The molecule has 0 aliphatic heterocycles. The van der Waals surface area contributed by atoms with Crippen molar-refractivity contribution in [3.05, 3.63) is 101 Å². The van der Waals surface area contributed by atoms with E-state index < -0.39 is 0 Å². The number of hydrogen-bond donors (Lipinski definition) is 0. The fraction of sp³-hybridized carbons (Fsp3) is 0.160. The van der Waals surface area contributed by atoms with E-state index >= 15 is 0 Å². The molecule has 146 valence electrons. The Labute approximate surface area is 175 Å². The summed E-state index contributed by atoms with van der Waals surface area (Å²) in [4.78, 5) is 5.90. The van der Waals surface area contributed by atoms with Gasteiger partial charge >= 0.3 is 0 Å². The fourth-order valence-corrected chi connectivity index (χ4v) is 3.68. The van der Waals surface area contributed by atoms with Crippen LogP contribution in [-0.2, 0) is 17.4 Å². The van der Waals surface area contributed by atoms with E-state index in [1.807, 2.05) is 36.4 Å². The van der Waals surface area contributed by atoms with Gasteiger partial charge in [-0.1, -0.05) is 60.2 Å². The molecule has 0 fully saturated rings. The number of benzene rings is 3. The number of pyridine rings is 1. The van der Waals surface area contributed by atoms with Crippen LogP contribution in [0.3, 0.4) is 0 Å². The van der Waals surface area contributed by atoms with Gasteiger partial charge in [-0.25, -0.2) is 4.98 Å². The first kappa shape index (κ1) is 19.5. The molecule has 1 aromatic heterocycles. The number of ether oxygens (including phenoxy) is 1. The van der Waals surface area contributed by atoms with Crippen molar-refractivity contribution in [3.8, 4) is 5.75 Å². The summed E-state index contributed by atoms with van der Waals surface area (Å²) in [6.07, 6.45) is 0. The van der Waals surface area contributed by atoms with Crippen LogP contribution >= 0.6 is 12.0 Å². The zero-order chi connectivity index (χ0) is 20.1. The molecule has 0 N–H and O–H groups in total. The van der Waals surface area contributed by atoms with Crippen LogP contribution in [0.1, 0.15) is 22.4 Å². The molecule has 1 heterocycles. The third-order valence-corrected chi connectivity index (χ3v) is 5.48. The number of rotatable bonds is 7. The van der Waals surface area contributed by atoms with Crippen molar-refractivity contribution < 1.29 is 8.92 Å². The van der Waals surface area contributed by atoms with E-state index in [9.17, 15) is 0 Å². The number of aromatic nitrogens is 1. The predicted molar refractivity (Wildman–Crippen MR) is 119 cm³/mol. The van der Waals surface area contributed by atoms with E-state index in [2.05, 4.69) is 56.3 Å². The van der Waals surface area contributed by atoms with Gasteiger partial charge in [0.2, 0.25) is 0 Å². The smallest absolute Gasteiger partial charge is 0.134 e. The van der Waals surface area contributed by atoms with Gasteiger partial charge in [-0.15, -0.1) is 0 Å². The summed E-state index contributed by atoms with van der Waals surface area (Å²) in [5.74, 6) is 0.874. The maximum absolute atomic E-state index is 6.25. The molecule has 0 aliphatic carbocycles. The van der Waals surface area contributed by atoms with E-state index in [1.165, 1.54) is 17.6 Å². The Morgan fingerprint density at radius 2 is 1.52 bits per heavy atom. The highest BCUT2D eigenvalue weighted by Gasteiger charge is 2.14. The molecular weight excluding hydrogens is 378 g/mol. The molecule has 4 heteroatoms. The molecule has 0 atom stereocenters. The number of aryl methyl sites for hydroxylation is 1. The number of nitrogens with zero attached hydrogens (tertiary/aromatic N) is 1. The van der Waals surface area contributed by atoms with Gasteiger partial charge in [-0.05, 0) is 43.7 Å². The van der Waals surface area contributed by atoms with Gasteiger partial charge in [0, 0.05) is 27.9 Å². The fourth-order valence-electron chi connectivity index (χ4n) is 3.13. The maximum atomic E-state index is 6.25. The minimum Gasteiger partial charge on any atom is -0.488 e. The number of para-hydroxylation sites is 1. The predicted octanol–water partition coefficient (Wildman–Crippen LogP) is 6.65. The van der Waals surface area contributed by atoms with E-state index in [1.54, 1.807) is 0 Å². The van der Waals surface area contributed by atoms with Gasteiger partial charge in [0.15, 0.2) is 0 Å². The number of fused-ring (bicyclic) bond motifs is 1. The maximum Gasteiger partial charge on any atom is 0.134 e. The van der Waals surface area contributed by atoms with Crippen molar-refractivity contribution in [2.45, 2.75) is 32.0 Å². The van der Waals surface area contributed by atoms with E-state index in [-0.39, 0.29) is 0 Å². The molecule has 4 rings (SSSR count). The van der Waals surface area contributed by atoms with Gasteiger partial charge in [0.05, 0.1) is 11.2 Å². The lowest BCUT2D eigenvalue weighted by Gasteiger charge is -2.15. The molecule has 0 radical (unpaired) electrons. The first-order chi connectivity index (χ1) is 14.2. The van der Waals surface area contributed by atoms with Crippen LogP contribution in [0.4, 0.5) is 0 Å². The highest BCUT2D eigenvalue weighted by atomic mass is 32.2. The summed E-state index contributed by atoms with van der Waals surface area (Å²) in [6, 6.07) is 26.6. The highest BCUT2D eigenvalue weighted by Crippen LogP contribution is 2.32. The lowest BCUT2D eigenvalue weighted by Crippen LogP contribution is -2.03. The molecule has 0 unspecified atom stereocenters. The summed E-state index contributed by atoms with van der Waals surface area (Å²) in [5, 5.41) is 1.02. The lowest BCUT2D eigenvalue weighted by molar-refractivity contribution is 0.304. The molecule has 0 amide bonds. The second kappa shape index (κ2) is 9.12. The van der Waals surface area contributed by atoms with Crippen LogP contribution < -0.4 is 4.74 Å². The largest absolute Gasteiger partial charge is 0.488 e. The Balaban J connectivity index is 1.55. The first-order valence-electron chi connectivity index (χ1n) is 9.62. The van der Waals surface area contributed by atoms with Crippen LogP contribution in [0.5, 0.6) is 5.75 Å². The van der Waals surface area contributed by atoms with Gasteiger partial charge in [-0.3, -0.25) is 0 Å². The second-order valence-electron chi connectivity index (χ2n) is 6.96. The number of hydrogen-bond acceptors (Lipinski definition) is 4. The summed E-state index contributed by atoms with van der Waals surface area (Å²) in [7, 11) is 0. The Bertz CT molecular complexity index is 1100. The van der Waals surface area contributed by atoms with Crippen molar-refractivity contribution in [2.24, 2.45) is 0 Å². The first-order valence-corrected chi connectivity index (χ1v) is 10.4. The average Bonchev–Trinajstić information content (AvgIpc) is 2.76. The normalized spacial score (nSPS) is 11.0. The van der Waals surface area contributed by atoms with Crippen molar-refractivity contribution >= 4 is 22.9 Å². The summed E-state index contributed by atoms with van der Waals surface area (Å²) in [5.41, 5.74) is 5.21. The SMILES string of the molecule is Cc1ccc(SOCc2nc3ccccc3c(OCc3ccccc3)c2C)cc1. The molecule has 3 aromatic carbocycles. The molecule has 0 bridgehead atoms. The molecule has 4 aromatic rings. The minimum atomic E-state index is 0.414. The zero-order valence-electron chi connectivity index (χ0n) is 16.6. The Hall–Kier alpha value is -2.82. The molecule has 0 spiro atoms. The van der Waals surface area contributed by atoms with Crippen LogP contribution in [0.15, 0.2) is 83.8 Å². The summed E-state index contributed by atoms with van der Waals surface area (Å²) >= 11 is 1.37. The third-order valence-electron chi connectivity index (χ3n) is 4.78. The van der Waals surface area contributed by atoms with E-state index in [0.29, 0.717) is 13.2 Å².